The Balaban J connectivity index is 2.33. The molecule has 0 bridgehead atoms. The zero-order valence-corrected chi connectivity index (χ0v) is 10.8. The molecule has 0 spiro atoms. The van der Waals surface area contributed by atoms with E-state index in [4.69, 9.17) is 5.11 Å². The largest absolute Gasteiger partial charge is 0.480 e. The van der Waals surface area contributed by atoms with E-state index in [0.717, 1.165) is 5.56 Å². The molecule has 1 aliphatic heterocycles. The second-order valence-electron chi connectivity index (χ2n) is 3.92. The van der Waals surface area contributed by atoms with Crippen molar-refractivity contribution in [2.45, 2.75) is 22.3 Å². The number of hydrogen-bond acceptors (Lipinski definition) is 4. The monoisotopic (exact) mass is 272 g/mol. The molecular weight excluding hydrogens is 260 g/mol. The van der Waals surface area contributed by atoms with Crippen molar-refractivity contribution in [3.8, 4) is 0 Å². The average molecular weight is 272 g/mol. The fourth-order valence-corrected chi connectivity index (χ4v) is 5.33. The predicted molar refractivity (Wildman–Crippen MR) is 65.9 cm³/mol. The van der Waals surface area contributed by atoms with Gasteiger partial charge in [0.1, 0.15) is 5.25 Å². The minimum absolute atomic E-state index is 0.00532. The molecule has 0 amide bonds. The Morgan fingerprint density at radius 1 is 1.47 bits per heavy atom. The first-order chi connectivity index (χ1) is 7.92. The molecule has 2 atom stereocenters. The van der Waals surface area contributed by atoms with Crippen LogP contribution < -0.4 is 0 Å². The highest BCUT2D eigenvalue weighted by Gasteiger charge is 2.36. The van der Waals surface area contributed by atoms with Crippen LogP contribution in [0.3, 0.4) is 0 Å². The molecule has 0 saturated carbocycles. The molecule has 2 unspecified atom stereocenters. The average Bonchev–Trinajstić information content (AvgIpc) is 2.51. The number of carbonyl (C=O) groups is 1. The van der Waals surface area contributed by atoms with Crippen molar-refractivity contribution in [3.63, 3.8) is 0 Å². The summed E-state index contributed by atoms with van der Waals surface area (Å²) in [5, 5.41) is 7.96. The van der Waals surface area contributed by atoms with E-state index in [0.29, 0.717) is 4.90 Å². The third-order valence-corrected chi connectivity index (χ3v) is 6.07. The number of aliphatic carboxylic acids is 1. The summed E-state index contributed by atoms with van der Waals surface area (Å²) in [5.74, 6) is -0.925. The first-order valence-corrected chi connectivity index (χ1v) is 7.71. The summed E-state index contributed by atoms with van der Waals surface area (Å²) in [6, 6.07) is 6.80. The number of carboxylic acids is 1. The number of hydrogen-bond donors (Lipinski definition) is 1. The number of carboxylic acid groups (broad SMARTS) is 1. The van der Waals surface area contributed by atoms with Crippen molar-refractivity contribution in [2.75, 3.05) is 5.75 Å². The maximum absolute atomic E-state index is 11.9. The molecule has 2 rings (SSSR count). The highest BCUT2D eigenvalue weighted by molar-refractivity contribution is 8.02. The minimum atomic E-state index is -3.24. The molecule has 92 valence electrons. The lowest BCUT2D eigenvalue weighted by molar-refractivity contribution is -0.136. The van der Waals surface area contributed by atoms with Gasteiger partial charge in [0.25, 0.3) is 0 Å². The zero-order chi connectivity index (χ0) is 12.6. The van der Waals surface area contributed by atoms with Crippen molar-refractivity contribution in [1.29, 1.82) is 0 Å². The van der Waals surface area contributed by atoms with Crippen molar-refractivity contribution < 1.29 is 18.3 Å². The fraction of sp³-hybridized carbons (Fsp3) is 0.364. The molecule has 4 nitrogen and oxygen atoms in total. The zero-order valence-electron chi connectivity index (χ0n) is 9.16. The standard InChI is InChI=1S/C11H12O4S2/c1-7(11(12)13)16-9-6-17(14,15)10-5-3-2-4-8(9)10/h2-5,7,9H,6H2,1H3,(H,12,13). The Morgan fingerprint density at radius 2 is 2.12 bits per heavy atom. The lowest BCUT2D eigenvalue weighted by Crippen LogP contribution is -2.14. The molecule has 6 heteroatoms. The van der Waals surface area contributed by atoms with Crippen LogP contribution in [0.1, 0.15) is 17.7 Å². The Kier molecular flexibility index (Phi) is 3.18. The van der Waals surface area contributed by atoms with Gasteiger partial charge in [-0.1, -0.05) is 18.2 Å². The summed E-state index contributed by atoms with van der Waals surface area (Å²) in [5.41, 5.74) is 0.727. The van der Waals surface area contributed by atoms with Crippen LogP contribution in [0.15, 0.2) is 29.2 Å². The number of rotatable bonds is 3. The van der Waals surface area contributed by atoms with E-state index in [2.05, 4.69) is 0 Å². The highest BCUT2D eigenvalue weighted by Crippen LogP contribution is 2.43. The third kappa shape index (κ3) is 2.32. The summed E-state index contributed by atoms with van der Waals surface area (Å²) < 4.78 is 23.7. The van der Waals surface area contributed by atoms with Gasteiger partial charge in [-0.25, -0.2) is 8.42 Å². The van der Waals surface area contributed by atoms with E-state index < -0.39 is 21.1 Å². The quantitative estimate of drug-likeness (QED) is 0.907. The van der Waals surface area contributed by atoms with E-state index in [1.807, 2.05) is 0 Å². The molecule has 17 heavy (non-hydrogen) atoms. The molecule has 0 aliphatic carbocycles. The van der Waals surface area contributed by atoms with Crippen molar-refractivity contribution in [3.05, 3.63) is 29.8 Å². The lowest BCUT2D eigenvalue weighted by Gasteiger charge is -2.12. The fourth-order valence-electron chi connectivity index (χ4n) is 1.83. The molecule has 1 aromatic rings. The van der Waals surface area contributed by atoms with Crippen LogP contribution in [0, 0.1) is 0 Å². The molecule has 1 N–H and O–H groups in total. The summed E-state index contributed by atoms with van der Waals surface area (Å²) in [7, 11) is -3.24. The van der Waals surface area contributed by atoms with Crippen molar-refractivity contribution >= 4 is 27.6 Å². The van der Waals surface area contributed by atoms with Crippen LogP contribution in [0.2, 0.25) is 0 Å². The predicted octanol–water partition coefficient (Wildman–Crippen LogP) is 1.72. The molecule has 0 aromatic heterocycles. The molecule has 1 heterocycles. The van der Waals surface area contributed by atoms with Gasteiger partial charge in [0, 0.05) is 5.25 Å². The number of fused-ring (bicyclic) bond motifs is 1. The Bertz CT molecular complexity index is 550. The van der Waals surface area contributed by atoms with Gasteiger partial charge in [-0.2, -0.15) is 0 Å². The second kappa shape index (κ2) is 4.34. The third-order valence-electron chi connectivity index (χ3n) is 2.69. The molecule has 1 aromatic carbocycles. The van der Waals surface area contributed by atoms with Crippen LogP contribution in [0.4, 0.5) is 0 Å². The highest BCUT2D eigenvalue weighted by atomic mass is 32.2. The SMILES string of the molecule is CC(SC1CS(=O)(=O)c2ccccc21)C(=O)O. The number of benzene rings is 1. The summed E-state index contributed by atoms with van der Waals surface area (Å²) in [6.07, 6.45) is 0. The van der Waals surface area contributed by atoms with E-state index >= 15 is 0 Å². The topological polar surface area (TPSA) is 71.4 Å². The van der Waals surface area contributed by atoms with E-state index in [9.17, 15) is 13.2 Å². The first kappa shape index (κ1) is 12.4. The van der Waals surface area contributed by atoms with Crippen LogP contribution in [0.25, 0.3) is 0 Å². The van der Waals surface area contributed by atoms with E-state index in [1.54, 1.807) is 31.2 Å². The summed E-state index contributed by atoms with van der Waals surface area (Å²) >= 11 is 1.18. The minimum Gasteiger partial charge on any atom is -0.480 e. The maximum atomic E-state index is 11.9. The Labute approximate surface area is 104 Å². The summed E-state index contributed by atoms with van der Waals surface area (Å²) in [4.78, 5) is 11.1. The van der Waals surface area contributed by atoms with Gasteiger partial charge in [-0.05, 0) is 18.6 Å². The summed E-state index contributed by atoms with van der Waals surface area (Å²) in [6.45, 7) is 1.57. The van der Waals surface area contributed by atoms with Gasteiger partial charge >= 0.3 is 5.97 Å². The molecule has 0 radical (unpaired) electrons. The smallest absolute Gasteiger partial charge is 0.316 e. The van der Waals surface area contributed by atoms with E-state index in [1.165, 1.54) is 11.8 Å². The van der Waals surface area contributed by atoms with Gasteiger partial charge < -0.3 is 5.11 Å². The molecular formula is C11H12O4S2. The molecule has 0 saturated heterocycles. The van der Waals surface area contributed by atoms with Crippen LogP contribution in [0.5, 0.6) is 0 Å². The first-order valence-electron chi connectivity index (χ1n) is 5.12. The number of sulfone groups is 1. The van der Waals surface area contributed by atoms with Gasteiger partial charge in [0.05, 0.1) is 10.6 Å². The van der Waals surface area contributed by atoms with Crippen LogP contribution >= 0.6 is 11.8 Å². The second-order valence-corrected chi connectivity index (χ2v) is 7.48. The van der Waals surface area contributed by atoms with Crippen molar-refractivity contribution in [1.82, 2.24) is 0 Å². The van der Waals surface area contributed by atoms with Crippen molar-refractivity contribution in [2.24, 2.45) is 0 Å². The number of thioether (sulfide) groups is 1. The van der Waals surface area contributed by atoms with E-state index in [-0.39, 0.29) is 11.0 Å². The maximum Gasteiger partial charge on any atom is 0.316 e. The van der Waals surface area contributed by atoms with Gasteiger partial charge in [-0.15, -0.1) is 11.8 Å². The van der Waals surface area contributed by atoms with Gasteiger partial charge in [0.2, 0.25) is 0 Å². The van der Waals surface area contributed by atoms with Crippen LogP contribution in [-0.4, -0.2) is 30.5 Å². The van der Waals surface area contributed by atoms with Gasteiger partial charge in [0.15, 0.2) is 9.84 Å². The normalized spacial score (nSPS) is 23.0. The van der Waals surface area contributed by atoms with Crippen LogP contribution in [-0.2, 0) is 14.6 Å². The van der Waals surface area contributed by atoms with Gasteiger partial charge in [-0.3, -0.25) is 4.79 Å². The molecule has 0 fully saturated rings. The molecule has 1 aliphatic rings. The Hall–Kier alpha value is -1.01. The lowest BCUT2D eigenvalue weighted by atomic mass is 10.2. The Morgan fingerprint density at radius 3 is 2.76 bits per heavy atom.